The highest BCUT2D eigenvalue weighted by Gasteiger charge is 2.31. The van der Waals surface area contributed by atoms with Crippen molar-refractivity contribution >= 4 is 29.6 Å². The van der Waals surface area contributed by atoms with Crippen LogP contribution >= 0.6 is 0 Å². The van der Waals surface area contributed by atoms with Crippen molar-refractivity contribution in [2.24, 2.45) is 23.3 Å². The van der Waals surface area contributed by atoms with E-state index in [0.29, 0.717) is 6.42 Å². The van der Waals surface area contributed by atoms with Crippen LogP contribution in [0, 0.1) is 11.8 Å². The average molecular weight is 430 g/mol. The molecular formula is C19H35N5O6. The predicted octanol–water partition coefficient (Wildman–Crippen LogP) is -1.16. The molecule has 0 spiro atoms. The number of nitrogens with one attached hydrogen (secondary N) is 3. The molecule has 0 aromatic carbocycles. The molecule has 11 heteroatoms. The minimum atomic E-state index is -1.33. The van der Waals surface area contributed by atoms with Crippen LogP contribution in [0.15, 0.2) is 0 Å². The molecule has 0 bridgehead atoms. The van der Waals surface area contributed by atoms with Crippen LogP contribution in [0.3, 0.4) is 0 Å². The van der Waals surface area contributed by atoms with E-state index < -0.39 is 53.8 Å². The van der Waals surface area contributed by atoms with Crippen molar-refractivity contribution in [3.05, 3.63) is 0 Å². The summed E-state index contributed by atoms with van der Waals surface area (Å²) < 4.78 is 0. The fourth-order valence-corrected chi connectivity index (χ4v) is 2.51. The number of carbonyl (C=O) groups excluding carboxylic acids is 4. The first kappa shape index (κ1) is 27.3. The van der Waals surface area contributed by atoms with Crippen LogP contribution in [0.1, 0.15) is 53.9 Å². The molecule has 11 nitrogen and oxygen atoms in total. The molecule has 5 unspecified atom stereocenters. The Hall–Kier alpha value is -2.69. The van der Waals surface area contributed by atoms with Gasteiger partial charge in [-0.05, 0) is 25.2 Å². The highest BCUT2D eigenvalue weighted by Crippen LogP contribution is 2.07. The lowest BCUT2D eigenvalue weighted by molar-refractivity contribution is -0.143. The number of hydrogen-bond acceptors (Lipinski definition) is 6. The normalized spacial score (nSPS) is 16.0. The molecule has 0 rings (SSSR count). The summed E-state index contributed by atoms with van der Waals surface area (Å²) in [6, 6.07) is -4.09. The number of hydrogen-bond donors (Lipinski definition) is 6. The summed E-state index contributed by atoms with van der Waals surface area (Å²) in [6.07, 6.45) is 0.315. The van der Waals surface area contributed by atoms with Gasteiger partial charge in [0.05, 0.1) is 6.04 Å². The van der Waals surface area contributed by atoms with Crippen LogP contribution in [0.25, 0.3) is 0 Å². The molecule has 0 aliphatic heterocycles. The molecule has 0 saturated carbocycles. The van der Waals surface area contributed by atoms with Crippen molar-refractivity contribution in [1.29, 1.82) is 0 Å². The molecule has 4 amide bonds. The Labute approximate surface area is 176 Å². The lowest BCUT2D eigenvalue weighted by Crippen LogP contribution is -2.58. The van der Waals surface area contributed by atoms with E-state index in [9.17, 15) is 29.1 Å². The zero-order valence-corrected chi connectivity index (χ0v) is 18.2. The average Bonchev–Trinajstić information content (AvgIpc) is 2.66. The third kappa shape index (κ3) is 9.21. The third-order valence-electron chi connectivity index (χ3n) is 4.85. The van der Waals surface area contributed by atoms with Gasteiger partial charge in [-0.2, -0.15) is 0 Å². The van der Waals surface area contributed by atoms with E-state index in [2.05, 4.69) is 16.0 Å². The summed E-state index contributed by atoms with van der Waals surface area (Å²) in [6.45, 7) is 8.52. The molecule has 0 heterocycles. The van der Waals surface area contributed by atoms with E-state index in [0.717, 1.165) is 0 Å². The summed E-state index contributed by atoms with van der Waals surface area (Å²) in [7, 11) is 0. The summed E-state index contributed by atoms with van der Waals surface area (Å²) >= 11 is 0. The van der Waals surface area contributed by atoms with Gasteiger partial charge in [0.2, 0.25) is 23.6 Å². The largest absolute Gasteiger partial charge is 0.480 e. The fraction of sp³-hybridized carbons (Fsp3) is 0.737. The number of aliphatic carboxylic acids is 1. The zero-order chi connectivity index (χ0) is 23.6. The minimum absolute atomic E-state index is 0.0668. The second kappa shape index (κ2) is 12.8. The second-order valence-corrected chi connectivity index (χ2v) is 7.78. The minimum Gasteiger partial charge on any atom is -0.480 e. The first-order valence-corrected chi connectivity index (χ1v) is 9.99. The molecule has 0 aliphatic rings. The van der Waals surface area contributed by atoms with Gasteiger partial charge in [0.25, 0.3) is 0 Å². The molecule has 0 fully saturated rings. The van der Waals surface area contributed by atoms with Gasteiger partial charge in [-0.15, -0.1) is 0 Å². The SMILES string of the molecule is CCC(C)C(N)C(=O)NC(C)C(=O)NC(C(=O)NC(CCC(N)=O)C(=O)O)C(C)C. The maximum absolute atomic E-state index is 12.5. The van der Waals surface area contributed by atoms with Crippen molar-refractivity contribution < 1.29 is 29.1 Å². The lowest BCUT2D eigenvalue weighted by Gasteiger charge is -2.26. The summed E-state index contributed by atoms with van der Waals surface area (Å²) in [4.78, 5) is 59.4. The first-order valence-electron chi connectivity index (χ1n) is 9.99. The van der Waals surface area contributed by atoms with Gasteiger partial charge >= 0.3 is 5.97 Å². The Kier molecular flexibility index (Phi) is 11.6. The number of carbonyl (C=O) groups is 5. The molecule has 30 heavy (non-hydrogen) atoms. The quantitative estimate of drug-likeness (QED) is 0.212. The van der Waals surface area contributed by atoms with Crippen LogP contribution in [0.2, 0.25) is 0 Å². The van der Waals surface area contributed by atoms with Crippen molar-refractivity contribution in [1.82, 2.24) is 16.0 Å². The van der Waals surface area contributed by atoms with Gasteiger partial charge in [-0.25, -0.2) is 4.79 Å². The summed E-state index contributed by atoms with van der Waals surface area (Å²) in [5.41, 5.74) is 10.9. The highest BCUT2D eigenvalue weighted by molar-refractivity contribution is 5.94. The predicted molar refractivity (Wildman–Crippen MR) is 110 cm³/mol. The molecule has 0 saturated heterocycles. The third-order valence-corrected chi connectivity index (χ3v) is 4.85. The Bertz CT molecular complexity index is 639. The maximum atomic E-state index is 12.5. The van der Waals surface area contributed by atoms with Crippen molar-refractivity contribution in [2.45, 2.75) is 78.0 Å². The Morgan fingerprint density at radius 3 is 1.90 bits per heavy atom. The lowest BCUT2D eigenvalue weighted by atomic mass is 9.99. The molecular weight excluding hydrogens is 394 g/mol. The standard InChI is InChI=1S/C19H35N5O6/c1-6-10(4)14(21)17(27)22-11(5)16(26)24-15(9(2)3)18(28)23-12(19(29)30)7-8-13(20)25/h9-12,14-15H,6-8,21H2,1-5H3,(H2,20,25)(H,22,27)(H,23,28)(H,24,26)(H,29,30). The molecule has 5 atom stereocenters. The van der Waals surface area contributed by atoms with Gasteiger partial charge in [0.15, 0.2) is 0 Å². The molecule has 0 aliphatic carbocycles. The number of amides is 4. The maximum Gasteiger partial charge on any atom is 0.326 e. The zero-order valence-electron chi connectivity index (χ0n) is 18.2. The second-order valence-electron chi connectivity index (χ2n) is 7.78. The van der Waals surface area contributed by atoms with Gasteiger partial charge in [0, 0.05) is 6.42 Å². The Balaban J connectivity index is 5.06. The summed E-state index contributed by atoms with van der Waals surface area (Å²) in [5, 5.41) is 16.6. The number of carboxylic acids is 1. The van der Waals surface area contributed by atoms with Gasteiger partial charge in [-0.1, -0.05) is 34.1 Å². The number of carboxylic acid groups (broad SMARTS) is 1. The van der Waals surface area contributed by atoms with Crippen LogP contribution < -0.4 is 27.4 Å². The van der Waals surface area contributed by atoms with E-state index in [4.69, 9.17) is 11.5 Å². The number of rotatable bonds is 13. The summed E-state index contributed by atoms with van der Waals surface area (Å²) in [5.74, 6) is -4.26. The molecule has 172 valence electrons. The smallest absolute Gasteiger partial charge is 0.326 e. The molecule has 0 radical (unpaired) electrons. The highest BCUT2D eigenvalue weighted by atomic mass is 16.4. The number of nitrogens with two attached hydrogens (primary N) is 2. The van der Waals surface area contributed by atoms with Crippen LogP contribution in [-0.2, 0) is 24.0 Å². The van der Waals surface area contributed by atoms with E-state index >= 15 is 0 Å². The number of primary amides is 1. The van der Waals surface area contributed by atoms with E-state index in [1.54, 1.807) is 13.8 Å². The molecule has 8 N–H and O–H groups in total. The Morgan fingerprint density at radius 1 is 0.900 bits per heavy atom. The van der Waals surface area contributed by atoms with Gasteiger partial charge in [0.1, 0.15) is 18.1 Å². The van der Waals surface area contributed by atoms with E-state index in [1.165, 1.54) is 6.92 Å². The van der Waals surface area contributed by atoms with Gasteiger partial charge in [-0.3, -0.25) is 19.2 Å². The fourth-order valence-electron chi connectivity index (χ4n) is 2.51. The van der Waals surface area contributed by atoms with Crippen molar-refractivity contribution in [2.75, 3.05) is 0 Å². The van der Waals surface area contributed by atoms with Crippen LogP contribution in [-0.4, -0.2) is 58.9 Å². The Morgan fingerprint density at radius 2 is 1.47 bits per heavy atom. The van der Waals surface area contributed by atoms with Crippen LogP contribution in [0.4, 0.5) is 0 Å². The van der Waals surface area contributed by atoms with Crippen molar-refractivity contribution in [3.63, 3.8) is 0 Å². The molecule has 0 aromatic heterocycles. The first-order chi connectivity index (χ1) is 13.8. The van der Waals surface area contributed by atoms with Crippen molar-refractivity contribution in [3.8, 4) is 0 Å². The van der Waals surface area contributed by atoms with E-state index in [1.807, 2.05) is 13.8 Å². The monoisotopic (exact) mass is 429 g/mol. The van der Waals surface area contributed by atoms with E-state index in [-0.39, 0.29) is 24.7 Å². The van der Waals surface area contributed by atoms with Crippen LogP contribution in [0.5, 0.6) is 0 Å². The molecule has 0 aromatic rings. The topological polar surface area (TPSA) is 194 Å². The van der Waals surface area contributed by atoms with Gasteiger partial charge < -0.3 is 32.5 Å².